The largest absolute Gasteiger partial charge is 0.368 e. The number of rotatable bonds is 3. The van der Waals surface area contributed by atoms with E-state index >= 15 is 0 Å². The Labute approximate surface area is 142 Å². The van der Waals surface area contributed by atoms with Crippen molar-refractivity contribution in [3.63, 3.8) is 0 Å². The Kier molecular flexibility index (Phi) is 4.94. The van der Waals surface area contributed by atoms with Crippen LogP contribution in [0.5, 0.6) is 0 Å². The molecule has 1 aliphatic rings. The van der Waals surface area contributed by atoms with Gasteiger partial charge >= 0.3 is 0 Å². The van der Waals surface area contributed by atoms with Crippen LogP contribution in [0, 0.1) is 12.7 Å². The first kappa shape index (κ1) is 16.2. The highest BCUT2D eigenvalue weighted by Gasteiger charge is 2.19. The average molecular weight is 324 g/mol. The van der Waals surface area contributed by atoms with Gasteiger partial charge in [0, 0.05) is 37.9 Å². The molecule has 0 bridgehead atoms. The Balaban J connectivity index is 1.55. The van der Waals surface area contributed by atoms with E-state index in [1.54, 1.807) is 18.2 Å². The lowest BCUT2D eigenvalue weighted by atomic mass is 10.1. The number of halogens is 1. The molecule has 1 fully saturated rings. The number of nitrogens with zero attached hydrogens (tertiary/aromatic N) is 2. The summed E-state index contributed by atoms with van der Waals surface area (Å²) in [6, 6.07) is 14.6. The standard InChI is InChI=1S/C20H21FN2O/c1-16-2-4-17(5-3-16)6-11-20(24)23-14-12-22(13-15-23)19-9-7-18(21)8-10-19/h2-11H,12-15H2,1H3. The maximum absolute atomic E-state index is 13.0. The van der Waals surface area contributed by atoms with Gasteiger partial charge < -0.3 is 9.80 Å². The minimum atomic E-state index is -0.228. The number of hydrogen-bond donors (Lipinski definition) is 0. The summed E-state index contributed by atoms with van der Waals surface area (Å²) < 4.78 is 13.0. The molecule has 0 aliphatic carbocycles. The number of carbonyl (C=O) groups excluding carboxylic acids is 1. The Hall–Kier alpha value is -2.62. The molecule has 0 saturated carbocycles. The van der Waals surface area contributed by atoms with E-state index in [2.05, 4.69) is 4.90 Å². The summed E-state index contributed by atoms with van der Waals surface area (Å²) in [5, 5.41) is 0. The third-order valence-electron chi connectivity index (χ3n) is 4.28. The van der Waals surface area contributed by atoms with Gasteiger partial charge in [-0.1, -0.05) is 29.8 Å². The van der Waals surface area contributed by atoms with Gasteiger partial charge in [-0.15, -0.1) is 0 Å². The van der Waals surface area contributed by atoms with Crippen molar-refractivity contribution < 1.29 is 9.18 Å². The second kappa shape index (κ2) is 7.30. The zero-order valence-electron chi connectivity index (χ0n) is 13.8. The SMILES string of the molecule is Cc1ccc(C=CC(=O)N2CCN(c3ccc(F)cc3)CC2)cc1. The van der Waals surface area contributed by atoms with Crippen LogP contribution in [0.25, 0.3) is 6.08 Å². The van der Waals surface area contributed by atoms with Gasteiger partial charge in [-0.05, 0) is 42.8 Å². The Morgan fingerprint density at radius 3 is 2.21 bits per heavy atom. The van der Waals surface area contributed by atoms with Gasteiger partial charge in [0.15, 0.2) is 0 Å². The van der Waals surface area contributed by atoms with Gasteiger partial charge in [-0.2, -0.15) is 0 Å². The number of hydrogen-bond acceptors (Lipinski definition) is 2. The smallest absolute Gasteiger partial charge is 0.246 e. The number of aryl methyl sites for hydroxylation is 1. The van der Waals surface area contributed by atoms with Gasteiger partial charge in [0.2, 0.25) is 5.91 Å². The maximum Gasteiger partial charge on any atom is 0.246 e. The van der Waals surface area contributed by atoms with Crippen LogP contribution in [-0.2, 0) is 4.79 Å². The fraction of sp³-hybridized carbons (Fsp3) is 0.250. The number of benzene rings is 2. The molecular formula is C20H21FN2O. The molecule has 3 rings (SSSR count). The molecule has 0 N–H and O–H groups in total. The monoisotopic (exact) mass is 324 g/mol. The van der Waals surface area contributed by atoms with Crippen molar-refractivity contribution in [1.82, 2.24) is 4.90 Å². The molecule has 0 spiro atoms. The zero-order valence-corrected chi connectivity index (χ0v) is 13.8. The summed E-state index contributed by atoms with van der Waals surface area (Å²) >= 11 is 0. The van der Waals surface area contributed by atoms with Crippen LogP contribution < -0.4 is 4.90 Å². The highest BCUT2D eigenvalue weighted by molar-refractivity contribution is 5.92. The molecule has 24 heavy (non-hydrogen) atoms. The fourth-order valence-corrected chi connectivity index (χ4v) is 2.79. The minimum Gasteiger partial charge on any atom is -0.368 e. The van der Waals surface area contributed by atoms with E-state index in [1.165, 1.54) is 17.7 Å². The molecule has 2 aromatic carbocycles. The summed E-state index contributed by atoms with van der Waals surface area (Å²) in [6.45, 7) is 4.91. The summed E-state index contributed by atoms with van der Waals surface area (Å²) in [5.74, 6) is -0.192. The normalized spacial score (nSPS) is 15.1. The van der Waals surface area contributed by atoms with Gasteiger partial charge in [0.05, 0.1) is 0 Å². The van der Waals surface area contributed by atoms with Crippen molar-refractivity contribution in [3.05, 3.63) is 71.6 Å². The molecular weight excluding hydrogens is 303 g/mol. The summed E-state index contributed by atoms with van der Waals surface area (Å²) in [6.07, 6.45) is 3.49. The van der Waals surface area contributed by atoms with Crippen molar-refractivity contribution in [2.45, 2.75) is 6.92 Å². The highest BCUT2D eigenvalue weighted by Crippen LogP contribution is 2.17. The molecule has 0 aromatic heterocycles. The van der Waals surface area contributed by atoms with Crippen molar-refractivity contribution >= 4 is 17.7 Å². The predicted octanol–water partition coefficient (Wildman–Crippen LogP) is 3.50. The van der Waals surface area contributed by atoms with Crippen LogP contribution in [-0.4, -0.2) is 37.0 Å². The van der Waals surface area contributed by atoms with E-state index in [4.69, 9.17) is 0 Å². The number of amides is 1. The quantitative estimate of drug-likeness (QED) is 0.807. The van der Waals surface area contributed by atoms with Gasteiger partial charge in [-0.25, -0.2) is 4.39 Å². The van der Waals surface area contributed by atoms with E-state index in [0.29, 0.717) is 13.1 Å². The average Bonchev–Trinajstić information content (AvgIpc) is 2.62. The van der Waals surface area contributed by atoms with Crippen LogP contribution in [0.1, 0.15) is 11.1 Å². The van der Waals surface area contributed by atoms with Crippen LogP contribution in [0.15, 0.2) is 54.6 Å². The van der Waals surface area contributed by atoms with E-state index in [-0.39, 0.29) is 11.7 Å². The van der Waals surface area contributed by atoms with Crippen molar-refractivity contribution in [2.75, 3.05) is 31.1 Å². The van der Waals surface area contributed by atoms with E-state index in [0.717, 1.165) is 24.3 Å². The minimum absolute atomic E-state index is 0.0364. The highest BCUT2D eigenvalue weighted by atomic mass is 19.1. The van der Waals surface area contributed by atoms with Gasteiger partial charge in [-0.3, -0.25) is 4.79 Å². The summed E-state index contributed by atoms with van der Waals surface area (Å²) in [7, 11) is 0. The molecule has 1 heterocycles. The Bertz CT molecular complexity index is 714. The molecule has 1 amide bonds. The predicted molar refractivity (Wildman–Crippen MR) is 95.4 cm³/mol. The molecule has 124 valence electrons. The van der Waals surface area contributed by atoms with E-state index in [9.17, 15) is 9.18 Å². The van der Waals surface area contributed by atoms with Gasteiger partial charge in [0.25, 0.3) is 0 Å². The van der Waals surface area contributed by atoms with Crippen LogP contribution in [0.3, 0.4) is 0 Å². The first-order chi connectivity index (χ1) is 11.6. The number of anilines is 1. The van der Waals surface area contributed by atoms with Crippen LogP contribution in [0.4, 0.5) is 10.1 Å². The third-order valence-corrected chi connectivity index (χ3v) is 4.28. The third kappa shape index (κ3) is 4.02. The summed E-state index contributed by atoms with van der Waals surface area (Å²) in [4.78, 5) is 16.3. The molecule has 3 nitrogen and oxygen atoms in total. The van der Waals surface area contributed by atoms with E-state index in [1.807, 2.05) is 42.2 Å². The first-order valence-electron chi connectivity index (χ1n) is 8.16. The lowest BCUT2D eigenvalue weighted by molar-refractivity contribution is -0.126. The summed E-state index contributed by atoms with van der Waals surface area (Å²) in [5.41, 5.74) is 3.23. The molecule has 0 atom stereocenters. The molecule has 0 radical (unpaired) electrons. The molecule has 2 aromatic rings. The van der Waals surface area contributed by atoms with Gasteiger partial charge in [0.1, 0.15) is 5.82 Å². The van der Waals surface area contributed by atoms with Crippen molar-refractivity contribution in [3.8, 4) is 0 Å². The topological polar surface area (TPSA) is 23.6 Å². The second-order valence-electron chi connectivity index (χ2n) is 6.03. The molecule has 1 saturated heterocycles. The van der Waals surface area contributed by atoms with Crippen molar-refractivity contribution in [2.24, 2.45) is 0 Å². The van der Waals surface area contributed by atoms with Crippen LogP contribution >= 0.6 is 0 Å². The lowest BCUT2D eigenvalue weighted by Crippen LogP contribution is -2.48. The number of piperazine rings is 1. The number of carbonyl (C=O) groups is 1. The maximum atomic E-state index is 13.0. The Morgan fingerprint density at radius 2 is 1.58 bits per heavy atom. The van der Waals surface area contributed by atoms with E-state index < -0.39 is 0 Å². The molecule has 1 aliphatic heterocycles. The second-order valence-corrected chi connectivity index (χ2v) is 6.03. The van der Waals surface area contributed by atoms with Crippen LogP contribution in [0.2, 0.25) is 0 Å². The first-order valence-corrected chi connectivity index (χ1v) is 8.16. The fourth-order valence-electron chi connectivity index (χ4n) is 2.79. The molecule has 0 unspecified atom stereocenters. The van der Waals surface area contributed by atoms with Crippen molar-refractivity contribution in [1.29, 1.82) is 0 Å². The lowest BCUT2D eigenvalue weighted by Gasteiger charge is -2.35. The zero-order chi connectivity index (χ0) is 16.9. The molecule has 4 heteroatoms. The Morgan fingerprint density at radius 1 is 0.958 bits per heavy atom.